The summed E-state index contributed by atoms with van der Waals surface area (Å²) >= 11 is 3.70. The minimum Gasteiger partial charge on any atom is -0.497 e. The van der Waals surface area contributed by atoms with E-state index in [-0.39, 0.29) is 0 Å². The SMILES string of the molecule is COc1ccc(/C(=C\c2cc(OC)c(OC)c(OC)c2)c2cc(OC)c(OC)c(OC)c2)c(Br)c1. The van der Waals surface area contributed by atoms with E-state index in [2.05, 4.69) is 15.9 Å². The highest BCUT2D eigenvalue weighted by atomic mass is 79.9. The van der Waals surface area contributed by atoms with Crippen molar-refractivity contribution in [2.45, 2.75) is 0 Å². The van der Waals surface area contributed by atoms with E-state index < -0.39 is 0 Å². The van der Waals surface area contributed by atoms with Gasteiger partial charge in [0.25, 0.3) is 0 Å². The van der Waals surface area contributed by atoms with Gasteiger partial charge in [0.15, 0.2) is 23.0 Å². The van der Waals surface area contributed by atoms with Crippen molar-refractivity contribution in [3.63, 3.8) is 0 Å². The number of methoxy groups -OCH3 is 7. The van der Waals surface area contributed by atoms with Crippen LogP contribution in [-0.2, 0) is 0 Å². The van der Waals surface area contributed by atoms with Gasteiger partial charge in [0, 0.05) is 4.47 Å². The normalized spacial score (nSPS) is 11.0. The van der Waals surface area contributed by atoms with Gasteiger partial charge in [-0.3, -0.25) is 0 Å². The molecule has 186 valence electrons. The number of halogens is 1. The Balaban J connectivity index is 2.34. The van der Waals surface area contributed by atoms with Crippen molar-refractivity contribution in [1.82, 2.24) is 0 Å². The number of ether oxygens (including phenoxy) is 7. The zero-order chi connectivity index (χ0) is 25.5. The summed E-state index contributed by atoms with van der Waals surface area (Å²) in [7, 11) is 11.1. The molecule has 0 saturated carbocycles. The fraction of sp³-hybridized carbons (Fsp3) is 0.259. The van der Waals surface area contributed by atoms with Gasteiger partial charge in [-0.1, -0.05) is 15.9 Å². The van der Waals surface area contributed by atoms with Gasteiger partial charge in [0.1, 0.15) is 5.75 Å². The molecule has 0 amide bonds. The Kier molecular flexibility index (Phi) is 8.76. The molecule has 0 aliphatic rings. The van der Waals surface area contributed by atoms with Crippen LogP contribution in [0.25, 0.3) is 11.6 Å². The summed E-state index contributed by atoms with van der Waals surface area (Å²) in [4.78, 5) is 0. The van der Waals surface area contributed by atoms with Crippen molar-refractivity contribution >= 4 is 27.6 Å². The molecule has 8 heteroatoms. The Hall–Kier alpha value is -3.52. The second-order valence-electron chi connectivity index (χ2n) is 7.28. The molecule has 3 rings (SSSR count). The Bertz CT molecular complexity index is 1170. The molecule has 0 radical (unpaired) electrons. The number of hydrogen-bond donors (Lipinski definition) is 0. The maximum atomic E-state index is 5.61. The van der Waals surface area contributed by atoms with E-state index in [0.29, 0.717) is 34.5 Å². The smallest absolute Gasteiger partial charge is 0.203 e. The zero-order valence-corrected chi connectivity index (χ0v) is 22.4. The second-order valence-corrected chi connectivity index (χ2v) is 8.13. The summed E-state index contributed by atoms with van der Waals surface area (Å²) in [5, 5.41) is 0. The molecule has 0 saturated heterocycles. The van der Waals surface area contributed by atoms with Crippen LogP contribution in [0, 0.1) is 0 Å². The van der Waals surface area contributed by atoms with Crippen molar-refractivity contribution in [2.75, 3.05) is 49.8 Å². The minimum atomic E-state index is 0.514. The summed E-state index contributed by atoms with van der Waals surface area (Å²) in [6.07, 6.45) is 2.03. The molecule has 0 bridgehead atoms. The molecule has 0 atom stereocenters. The largest absolute Gasteiger partial charge is 0.497 e. The van der Waals surface area contributed by atoms with E-state index in [1.54, 1.807) is 49.8 Å². The summed E-state index contributed by atoms with van der Waals surface area (Å²) < 4.78 is 39.6. The van der Waals surface area contributed by atoms with Crippen LogP contribution < -0.4 is 33.2 Å². The summed E-state index contributed by atoms with van der Waals surface area (Å²) in [5.41, 5.74) is 3.49. The van der Waals surface area contributed by atoms with E-state index in [0.717, 1.165) is 32.5 Å². The number of rotatable bonds is 10. The fourth-order valence-electron chi connectivity index (χ4n) is 3.75. The first kappa shape index (κ1) is 26.1. The van der Waals surface area contributed by atoms with Crippen LogP contribution in [0.15, 0.2) is 46.9 Å². The van der Waals surface area contributed by atoms with E-state index in [1.807, 2.05) is 48.5 Å². The molecule has 0 aromatic heterocycles. The van der Waals surface area contributed by atoms with E-state index in [9.17, 15) is 0 Å². The highest BCUT2D eigenvalue weighted by Gasteiger charge is 2.19. The Morgan fingerprint density at radius 2 is 1.09 bits per heavy atom. The van der Waals surface area contributed by atoms with Crippen molar-refractivity contribution in [3.05, 3.63) is 63.6 Å². The molecule has 0 spiro atoms. The average Bonchev–Trinajstić information content (AvgIpc) is 2.90. The quantitative estimate of drug-likeness (QED) is 0.286. The van der Waals surface area contributed by atoms with Crippen molar-refractivity contribution in [1.29, 1.82) is 0 Å². The standard InChI is InChI=1S/C27H29BrO7/c1-29-18-8-9-19(21(28)15-18)20(17-13-24(32-4)27(35-7)25(14-17)33-5)10-16-11-22(30-2)26(34-6)23(12-16)31-3/h8-15H,1-7H3/b20-10-. The maximum absolute atomic E-state index is 5.61. The molecule has 3 aromatic carbocycles. The lowest BCUT2D eigenvalue weighted by molar-refractivity contribution is 0.324. The van der Waals surface area contributed by atoms with Gasteiger partial charge in [0.2, 0.25) is 11.5 Å². The highest BCUT2D eigenvalue weighted by Crippen LogP contribution is 2.44. The topological polar surface area (TPSA) is 64.6 Å². The summed E-state index contributed by atoms with van der Waals surface area (Å²) in [5.74, 6) is 3.96. The van der Waals surface area contributed by atoms with Crippen molar-refractivity contribution in [2.24, 2.45) is 0 Å². The molecular formula is C27H29BrO7. The van der Waals surface area contributed by atoms with Gasteiger partial charge in [-0.05, 0) is 70.8 Å². The van der Waals surface area contributed by atoms with Gasteiger partial charge in [0.05, 0.1) is 49.8 Å². The van der Waals surface area contributed by atoms with Crippen LogP contribution >= 0.6 is 15.9 Å². The van der Waals surface area contributed by atoms with Crippen LogP contribution in [-0.4, -0.2) is 49.8 Å². The third-order valence-electron chi connectivity index (χ3n) is 5.44. The first-order valence-corrected chi connectivity index (χ1v) is 11.4. The molecule has 0 unspecified atom stereocenters. The van der Waals surface area contributed by atoms with E-state index in [4.69, 9.17) is 33.2 Å². The first-order chi connectivity index (χ1) is 16.9. The van der Waals surface area contributed by atoms with Crippen LogP contribution in [0.3, 0.4) is 0 Å². The average molecular weight is 545 g/mol. The van der Waals surface area contributed by atoms with Crippen LogP contribution in [0.2, 0.25) is 0 Å². The summed E-state index contributed by atoms with van der Waals surface area (Å²) in [6, 6.07) is 13.4. The Labute approximate surface area is 214 Å². The molecule has 7 nitrogen and oxygen atoms in total. The fourth-order valence-corrected chi connectivity index (χ4v) is 4.32. The van der Waals surface area contributed by atoms with Gasteiger partial charge in [-0.25, -0.2) is 0 Å². The van der Waals surface area contributed by atoms with Crippen molar-refractivity contribution < 1.29 is 33.2 Å². The number of hydrogen-bond acceptors (Lipinski definition) is 7. The first-order valence-electron chi connectivity index (χ1n) is 10.6. The Morgan fingerprint density at radius 3 is 1.49 bits per heavy atom. The molecule has 35 heavy (non-hydrogen) atoms. The van der Waals surface area contributed by atoms with Crippen LogP contribution in [0.4, 0.5) is 0 Å². The van der Waals surface area contributed by atoms with Crippen LogP contribution in [0.5, 0.6) is 40.2 Å². The summed E-state index contributed by atoms with van der Waals surface area (Å²) in [6.45, 7) is 0. The molecular weight excluding hydrogens is 516 g/mol. The van der Waals surface area contributed by atoms with E-state index in [1.165, 1.54) is 0 Å². The molecule has 0 fully saturated rings. The maximum Gasteiger partial charge on any atom is 0.203 e. The zero-order valence-electron chi connectivity index (χ0n) is 20.9. The van der Waals surface area contributed by atoms with E-state index >= 15 is 0 Å². The van der Waals surface area contributed by atoms with Gasteiger partial charge < -0.3 is 33.2 Å². The third kappa shape index (κ3) is 5.43. The molecule has 0 aliphatic carbocycles. The van der Waals surface area contributed by atoms with Crippen LogP contribution in [0.1, 0.15) is 16.7 Å². The third-order valence-corrected chi connectivity index (χ3v) is 6.10. The molecule has 0 aliphatic heterocycles. The lowest BCUT2D eigenvalue weighted by atomic mass is 9.94. The minimum absolute atomic E-state index is 0.514. The predicted molar refractivity (Wildman–Crippen MR) is 140 cm³/mol. The van der Waals surface area contributed by atoms with Gasteiger partial charge in [-0.15, -0.1) is 0 Å². The predicted octanol–water partition coefficient (Wildman–Crippen LogP) is 6.10. The molecule has 0 N–H and O–H groups in total. The van der Waals surface area contributed by atoms with Crippen molar-refractivity contribution in [3.8, 4) is 40.2 Å². The van der Waals surface area contributed by atoms with Gasteiger partial charge in [-0.2, -0.15) is 0 Å². The molecule has 0 heterocycles. The second kappa shape index (κ2) is 11.8. The highest BCUT2D eigenvalue weighted by molar-refractivity contribution is 9.10. The monoisotopic (exact) mass is 544 g/mol. The Morgan fingerprint density at radius 1 is 0.600 bits per heavy atom. The lowest BCUT2D eigenvalue weighted by Crippen LogP contribution is -1.99. The molecule has 3 aromatic rings. The lowest BCUT2D eigenvalue weighted by Gasteiger charge is -2.18. The van der Waals surface area contributed by atoms with Gasteiger partial charge >= 0.3 is 0 Å². The number of benzene rings is 3.